The van der Waals surface area contributed by atoms with Gasteiger partial charge in [0.25, 0.3) is 0 Å². The summed E-state index contributed by atoms with van der Waals surface area (Å²) in [4.78, 5) is 4.77. The van der Waals surface area contributed by atoms with Gasteiger partial charge in [0.1, 0.15) is 11.6 Å². The number of rotatable bonds is 3. The Morgan fingerprint density at radius 3 is 2.57 bits per heavy atom. The number of fused-ring (bicyclic) bond motifs is 1. The van der Waals surface area contributed by atoms with Crippen molar-refractivity contribution in [3.63, 3.8) is 0 Å². The molecule has 1 heterocycles. The summed E-state index contributed by atoms with van der Waals surface area (Å²) in [5, 5.41) is 0. The second-order valence-electron chi connectivity index (χ2n) is 5.57. The summed E-state index contributed by atoms with van der Waals surface area (Å²) < 4.78 is 15.4. The minimum Gasteiger partial charge on any atom is -0.326 e. The molecule has 0 aliphatic heterocycles. The number of hydrogen-bond acceptors (Lipinski definition) is 2. The Kier molecular flexibility index (Phi) is 2.79. The standard InChI is InChI=1S/C17H16FN3/c18-13-4-2-12(3-5-13)17-20-15-9-11(10-19)1-8-16(15)21(17)14-6-7-14/h1-5,8-9,14H,6-7,10,19H2. The van der Waals surface area contributed by atoms with E-state index in [1.807, 2.05) is 6.07 Å². The van der Waals surface area contributed by atoms with Crippen LogP contribution >= 0.6 is 0 Å². The maximum atomic E-state index is 13.1. The van der Waals surface area contributed by atoms with Crippen LogP contribution in [0.15, 0.2) is 42.5 Å². The lowest BCUT2D eigenvalue weighted by Gasteiger charge is -2.07. The molecule has 3 aromatic rings. The Morgan fingerprint density at radius 2 is 1.90 bits per heavy atom. The van der Waals surface area contributed by atoms with Crippen LogP contribution in [-0.2, 0) is 6.54 Å². The van der Waals surface area contributed by atoms with Crippen molar-refractivity contribution in [1.82, 2.24) is 9.55 Å². The lowest BCUT2D eigenvalue weighted by Crippen LogP contribution is -1.98. The molecule has 4 rings (SSSR count). The molecule has 0 bridgehead atoms. The van der Waals surface area contributed by atoms with Crippen molar-refractivity contribution >= 4 is 11.0 Å². The highest BCUT2D eigenvalue weighted by Gasteiger charge is 2.28. The fraction of sp³-hybridized carbons (Fsp3) is 0.235. The Hall–Kier alpha value is -2.20. The fourth-order valence-corrected chi connectivity index (χ4v) is 2.78. The molecule has 0 saturated heterocycles. The Morgan fingerprint density at radius 1 is 1.14 bits per heavy atom. The summed E-state index contributed by atoms with van der Waals surface area (Å²) >= 11 is 0. The van der Waals surface area contributed by atoms with E-state index in [0.29, 0.717) is 12.6 Å². The third kappa shape index (κ3) is 2.12. The van der Waals surface area contributed by atoms with Crippen LogP contribution in [0.4, 0.5) is 4.39 Å². The highest BCUT2D eigenvalue weighted by Crippen LogP contribution is 2.41. The van der Waals surface area contributed by atoms with Crippen LogP contribution in [0, 0.1) is 5.82 Å². The Labute approximate surface area is 122 Å². The van der Waals surface area contributed by atoms with Gasteiger partial charge in [-0.25, -0.2) is 9.37 Å². The number of hydrogen-bond donors (Lipinski definition) is 1. The predicted molar refractivity (Wildman–Crippen MR) is 81.3 cm³/mol. The minimum absolute atomic E-state index is 0.224. The molecule has 2 N–H and O–H groups in total. The van der Waals surface area contributed by atoms with Gasteiger partial charge < -0.3 is 10.3 Å². The number of benzene rings is 2. The predicted octanol–water partition coefficient (Wildman–Crippen LogP) is 3.64. The summed E-state index contributed by atoms with van der Waals surface area (Å²) in [6.07, 6.45) is 2.36. The molecule has 2 aromatic carbocycles. The molecule has 1 aliphatic rings. The van der Waals surface area contributed by atoms with Gasteiger partial charge in [-0.05, 0) is 54.8 Å². The molecule has 4 heteroatoms. The average molecular weight is 281 g/mol. The molecule has 1 aliphatic carbocycles. The van der Waals surface area contributed by atoms with Crippen molar-refractivity contribution in [2.24, 2.45) is 5.73 Å². The first kappa shape index (κ1) is 12.5. The Balaban J connectivity index is 1.94. The largest absolute Gasteiger partial charge is 0.326 e. The third-order valence-electron chi connectivity index (χ3n) is 4.00. The average Bonchev–Trinajstić information content (AvgIpc) is 3.27. The van der Waals surface area contributed by atoms with Gasteiger partial charge in [-0.15, -0.1) is 0 Å². The SMILES string of the molecule is NCc1ccc2c(c1)nc(-c1ccc(F)cc1)n2C1CC1. The first-order valence-corrected chi connectivity index (χ1v) is 7.23. The molecule has 21 heavy (non-hydrogen) atoms. The number of imidazole rings is 1. The molecular weight excluding hydrogens is 265 g/mol. The van der Waals surface area contributed by atoms with Gasteiger partial charge >= 0.3 is 0 Å². The first-order valence-electron chi connectivity index (χ1n) is 7.23. The lowest BCUT2D eigenvalue weighted by atomic mass is 10.2. The van der Waals surface area contributed by atoms with Crippen molar-refractivity contribution < 1.29 is 4.39 Å². The lowest BCUT2D eigenvalue weighted by molar-refractivity contribution is 0.628. The van der Waals surface area contributed by atoms with Crippen LogP contribution in [0.5, 0.6) is 0 Å². The minimum atomic E-state index is -0.224. The van der Waals surface area contributed by atoms with Crippen molar-refractivity contribution in [3.05, 3.63) is 53.8 Å². The monoisotopic (exact) mass is 281 g/mol. The summed E-state index contributed by atoms with van der Waals surface area (Å²) in [5.41, 5.74) is 9.83. The molecule has 0 atom stereocenters. The maximum absolute atomic E-state index is 13.1. The highest BCUT2D eigenvalue weighted by atomic mass is 19.1. The van der Waals surface area contributed by atoms with Crippen molar-refractivity contribution in [2.75, 3.05) is 0 Å². The van der Waals surface area contributed by atoms with Gasteiger partial charge in [-0.1, -0.05) is 6.07 Å². The summed E-state index contributed by atoms with van der Waals surface area (Å²) in [5.74, 6) is 0.694. The molecule has 0 spiro atoms. The van der Waals surface area contributed by atoms with Crippen molar-refractivity contribution in [3.8, 4) is 11.4 Å². The number of nitrogens with two attached hydrogens (primary N) is 1. The van der Waals surface area contributed by atoms with E-state index in [1.165, 1.54) is 25.0 Å². The first-order chi connectivity index (χ1) is 10.3. The van der Waals surface area contributed by atoms with E-state index in [1.54, 1.807) is 12.1 Å². The van der Waals surface area contributed by atoms with Crippen LogP contribution < -0.4 is 5.73 Å². The molecule has 1 aromatic heterocycles. The zero-order valence-corrected chi connectivity index (χ0v) is 11.6. The topological polar surface area (TPSA) is 43.8 Å². The van der Waals surface area contributed by atoms with E-state index in [2.05, 4.69) is 16.7 Å². The van der Waals surface area contributed by atoms with E-state index in [-0.39, 0.29) is 5.82 Å². The summed E-state index contributed by atoms with van der Waals surface area (Å²) in [6.45, 7) is 0.512. The zero-order valence-electron chi connectivity index (χ0n) is 11.6. The smallest absolute Gasteiger partial charge is 0.141 e. The quantitative estimate of drug-likeness (QED) is 0.796. The van der Waals surface area contributed by atoms with E-state index in [4.69, 9.17) is 10.7 Å². The molecule has 0 unspecified atom stereocenters. The zero-order chi connectivity index (χ0) is 14.4. The van der Waals surface area contributed by atoms with Crippen LogP contribution in [0.3, 0.4) is 0 Å². The third-order valence-corrected chi connectivity index (χ3v) is 4.00. The van der Waals surface area contributed by atoms with Gasteiger partial charge in [-0.2, -0.15) is 0 Å². The maximum Gasteiger partial charge on any atom is 0.141 e. The molecule has 0 radical (unpaired) electrons. The van der Waals surface area contributed by atoms with Crippen LogP contribution in [0.25, 0.3) is 22.4 Å². The van der Waals surface area contributed by atoms with E-state index >= 15 is 0 Å². The van der Waals surface area contributed by atoms with Gasteiger partial charge in [-0.3, -0.25) is 0 Å². The fourth-order valence-electron chi connectivity index (χ4n) is 2.78. The van der Waals surface area contributed by atoms with Crippen molar-refractivity contribution in [2.45, 2.75) is 25.4 Å². The molecule has 106 valence electrons. The van der Waals surface area contributed by atoms with Gasteiger partial charge in [0.2, 0.25) is 0 Å². The van der Waals surface area contributed by atoms with E-state index in [9.17, 15) is 4.39 Å². The van der Waals surface area contributed by atoms with Crippen LogP contribution in [0.1, 0.15) is 24.4 Å². The number of nitrogens with zero attached hydrogens (tertiary/aromatic N) is 2. The van der Waals surface area contributed by atoms with Gasteiger partial charge in [0.05, 0.1) is 11.0 Å². The summed E-state index contributed by atoms with van der Waals surface area (Å²) in [7, 11) is 0. The normalized spacial score (nSPS) is 14.8. The number of halogens is 1. The van der Waals surface area contributed by atoms with Gasteiger partial charge in [0, 0.05) is 18.2 Å². The second-order valence-corrected chi connectivity index (χ2v) is 5.57. The summed E-state index contributed by atoms with van der Waals surface area (Å²) in [6, 6.07) is 13.3. The molecule has 1 fully saturated rings. The molecule has 0 amide bonds. The Bertz CT molecular complexity index is 801. The van der Waals surface area contributed by atoms with Crippen LogP contribution in [-0.4, -0.2) is 9.55 Å². The van der Waals surface area contributed by atoms with Crippen molar-refractivity contribution in [1.29, 1.82) is 0 Å². The molecule has 1 saturated carbocycles. The van der Waals surface area contributed by atoms with E-state index < -0.39 is 0 Å². The highest BCUT2D eigenvalue weighted by molar-refractivity contribution is 5.81. The number of aromatic nitrogens is 2. The van der Waals surface area contributed by atoms with Crippen LogP contribution in [0.2, 0.25) is 0 Å². The molecule has 3 nitrogen and oxygen atoms in total. The van der Waals surface area contributed by atoms with Gasteiger partial charge in [0.15, 0.2) is 0 Å². The van der Waals surface area contributed by atoms with E-state index in [0.717, 1.165) is 28.0 Å². The second kappa shape index (κ2) is 4.67. The molecular formula is C17H16FN3.